The number of hydrogen-bond acceptors (Lipinski definition) is 3. The van der Waals surface area contributed by atoms with Crippen LogP contribution in [0.5, 0.6) is 0 Å². The van der Waals surface area contributed by atoms with Gasteiger partial charge in [-0.25, -0.2) is 0 Å². The van der Waals surface area contributed by atoms with Crippen molar-refractivity contribution in [2.75, 3.05) is 6.61 Å². The third-order valence-electron chi connectivity index (χ3n) is 1.79. The Morgan fingerprint density at radius 3 is 2.29 bits per heavy atom. The Labute approximate surface area is 102 Å². The van der Waals surface area contributed by atoms with E-state index >= 15 is 0 Å². The van der Waals surface area contributed by atoms with Crippen LogP contribution in [0.2, 0.25) is 0 Å². The topological polar surface area (TPSA) is 63.6 Å². The van der Waals surface area contributed by atoms with Crippen molar-refractivity contribution in [2.45, 2.75) is 46.5 Å². The molecule has 17 heavy (non-hydrogen) atoms. The van der Waals surface area contributed by atoms with E-state index in [0.717, 1.165) is 0 Å². The van der Waals surface area contributed by atoms with Crippen molar-refractivity contribution in [3.63, 3.8) is 0 Å². The first kappa shape index (κ1) is 15.5. The predicted octanol–water partition coefficient (Wildman–Crippen LogP) is 2.22. The molecule has 0 heterocycles. The first-order chi connectivity index (χ1) is 7.81. The number of carboxylic acids is 1. The van der Waals surface area contributed by atoms with Crippen molar-refractivity contribution < 1.29 is 19.4 Å². The highest BCUT2D eigenvalue weighted by molar-refractivity contribution is 5.70. The van der Waals surface area contributed by atoms with Crippen LogP contribution < -0.4 is 0 Å². The Kier molecular flexibility index (Phi) is 7.04. The Balaban J connectivity index is 3.59. The lowest BCUT2D eigenvalue weighted by Gasteiger charge is -2.06. The van der Waals surface area contributed by atoms with E-state index in [0.29, 0.717) is 12.8 Å². The van der Waals surface area contributed by atoms with Crippen molar-refractivity contribution in [3.8, 4) is 11.8 Å². The zero-order chi connectivity index (χ0) is 13.3. The lowest BCUT2D eigenvalue weighted by molar-refractivity contribution is -0.143. The Morgan fingerprint density at radius 1 is 1.18 bits per heavy atom. The van der Waals surface area contributed by atoms with Crippen LogP contribution >= 0.6 is 0 Å². The maximum Gasteiger partial charge on any atom is 0.306 e. The summed E-state index contributed by atoms with van der Waals surface area (Å²) in [4.78, 5) is 21.4. The van der Waals surface area contributed by atoms with E-state index in [1.165, 1.54) is 0 Å². The molecule has 0 radical (unpaired) electrons. The molecule has 0 aliphatic heterocycles. The molecule has 1 N–H and O–H groups in total. The summed E-state index contributed by atoms with van der Waals surface area (Å²) in [5.41, 5.74) is -0.0894. The Morgan fingerprint density at radius 2 is 1.76 bits per heavy atom. The van der Waals surface area contributed by atoms with Gasteiger partial charge in [-0.2, -0.15) is 0 Å². The first-order valence-electron chi connectivity index (χ1n) is 5.69. The largest absolute Gasteiger partial charge is 0.481 e. The molecule has 0 fully saturated rings. The van der Waals surface area contributed by atoms with Crippen molar-refractivity contribution >= 4 is 11.9 Å². The summed E-state index contributed by atoms with van der Waals surface area (Å²) < 4.78 is 4.88. The molecule has 4 nitrogen and oxygen atoms in total. The molecule has 0 aromatic rings. The zero-order valence-electron chi connectivity index (χ0n) is 10.7. The number of carbonyl (C=O) groups excluding carboxylic acids is 1. The van der Waals surface area contributed by atoms with Crippen molar-refractivity contribution in [2.24, 2.45) is 5.41 Å². The van der Waals surface area contributed by atoms with Crippen LogP contribution in [-0.4, -0.2) is 23.7 Å². The van der Waals surface area contributed by atoms with E-state index in [1.807, 2.05) is 20.8 Å². The van der Waals surface area contributed by atoms with Crippen LogP contribution in [0.15, 0.2) is 0 Å². The van der Waals surface area contributed by atoms with Crippen molar-refractivity contribution in [3.05, 3.63) is 0 Å². The van der Waals surface area contributed by atoms with Crippen LogP contribution in [-0.2, 0) is 14.3 Å². The quantitative estimate of drug-likeness (QED) is 0.439. The van der Waals surface area contributed by atoms with Crippen LogP contribution in [0.1, 0.15) is 46.5 Å². The highest BCUT2D eigenvalue weighted by Crippen LogP contribution is 2.09. The van der Waals surface area contributed by atoms with Gasteiger partial charge < -0.3 is 9.84 Å². The molecule has 0 aliphatic carbocycles. The Bertz CT molecular complexity index is 315. The summed E-state index contributed by atoms with van der Waals surface area (Å²) in [6.45, 7) is 6.05. The van der Waals surface area contributed by atoms with Gasteiger partial charge in [0.15, 0.2) is 6.61 Å². The molecule has 0 aliphatic rings. The van der Waals surface area contributed by atoms with Crippen LogP contribution in [0.3, 0.4) is 0 Å². The summed E-state index contributed by atoms with van der Waals surface area (Å²) in [6.07, 6.45) is 1.39. The molecule has 0 aromatic heterocycles. The van der Waals surface area contributed by atoms with E-state index in [9.17, 15) is 9.59 Å². The van der Waals surface area contributed by atoms with E-state index < -0.39 is 5.97 Å². The summed E-state index contributed by atoms with van der Waals surface area (Å²) in [5.74, 6) is 4.57. The maximum absolute atomic E-state index is 11.2. The molecular weight excluding hydrogens is 220 g/mol. The van der Waals surface area contributed by atoms with Gasteiger partial charge in [0.05, 0.1) is 0 Å². The molecule has 0 bridgehead atoms. The van der Waals surface area contributed by atoms with E-state index in [2.05, 4.69) is 11.8 Å². The molecule has 96 valence electrons. The van der Waals surface area contributed by atoms with Crippen LogP contribution in [0, 0.1) is 17.3 Å². The SMILES string of the molecule is CC(C)(C)C#CCOC(=O)CCCCC(=O)O. The summed E-state index contributed by atoms with van der Waals surface area (Å²) in [6, 6.07) is 0. The second-order valence-corrected chi connectivity index (χ2v) is 4.81. The fourth-order valence-corrected chi connectivity index (χ4v) is 1.04. The number of rotatable bonds is 6. The molecule has 0 atom stereocenters. The average Bonchev–Trinajstić information content (AvgIpc) is 2.18. The molecule has 4 heteroatoms. The van der Waals surface area contributed by atoms with E-state index in [1.54, 1.807) is 0 Å². The number of carboxylic acid groups (broad SMARTS) is 1. The van der Waals surface area contributed by atoms with Crippen LogP contribution in [0.4, 0.5) is 0 Å². The van der Waals surface area contributed by atoms with E-state index in [4.69, 9.17) is 9.84 Å². The number of carbonyl (C=O) groups is 2. The zero-order valence-corrected chi connectivity index (χ0v) is 10.7. The molecule has 0 spiro atoms. The molecule has 0 saturated carbocycles. The van der Waals surface area contributed by atoms with Crippen molar-refractivity contribution in [1.82, 2.24) is 0 Å². The van der Waals surface area contributed by atoms with Gasteiger partial charge in [0, 0.05) is 18.3 Å². The predicted molar refractivity (Wildman–Crippen MR) is 64.3 cm³/mol. The van der Waals surface area contributed by atoms with Gasteiger partial charge in [-0.05, 0) is 33.6 Å². The highest BCUT2D eigenvalue weighted by Gasteiger charge is 2.05. The maximum atomic E-state index is 11.2. The normalized spacial score (nSPS) is 10.3. The fourth-order valence-electron chi connectivity index (χ4n) is 1.04. The van der Waals surface area contributed by atoms with E-state index in [-0.39, 0.29) is 30.8 Å². The van der Waals surface area contributed by atoms with Crippen molar-refractivity contribution in [1.29, 1.82) is 0 Å². The number of ether oxygens (including phenoxy) is 1. The summed E-state index contributed by atoms with van der Waals surface area (Å²) >= 11 is 0. The molecule has 0 saturated heterocycles. The van der Waals surface area contributed by atoms with Gasteiger partial charge in [-0.3, -0.25) is 9.59 Å². The number of unbranched alkanes of at least 4 members (excludes halogenated alkanes) is 1. The molecular formula is C13H20O4. The second-order valence-electron chi connectivity index (χ2n) is 4.81. The average molecular weight is 240 g/mol. The lowest BCUT2D eigenvalue weighted by atomic mass is 9.98. The van der Waals surface area contributed by atoms with Gasteiger partial charge in [-0.1, -0.05) is 11.8 Å². The van der Waals surface area contributed by atoms with Gasteiger partial charge in [0.25, 0.3) is 0 Å². The number of aliphatic carboxylic acids is 1. The van der Waals surface area contributed by atoms with Gasteiger partial charge in [-0.15, -0.1) is 0 Å². The van der Waals surface area contributed by atoms with Gasteiger partial charge in [0.2, 0.25) is 0 Å². The molecule has 0 rings (SSSR count). The minimum Gasteiger partial charge on any atom is -0.481 e. The highest BCUT2D eigenvalue weighted by atomic mass is 16.5. The minimum atomic E-state index is -0.839. The first-order valence-corrected chi connectivity index (χ1v) is 5.69. The summed E-state index contributed by atoms with van der Waals surface area (Å²) in [5, 5.41) is 8.39. The molecule has 0 aromatic carbocycles. The molecule has 0 unspecified atom stereocenters. The summed E-state index contributed by atoms with van der Waals surface area (Å²) in [7, 11) is 0. The third-order valence-corrected chi connectivity index (χ3v) is 1.79. The monoisotopic (exact) mass is 240 g/mol. The minimum absolute atomic E-state index is 0.0894. The second kappa shape index (κ2) is 7.72. The third kappa shape index (κ3) is 12.4. The number of hydrogen-bond donors (Lipinski definition) is 1. The van der Waals surface area contributed by atoms with Gasteiger partial charge >= 0.3 is 11.9 Å². The number of esters is 1. The lowest BCUT2D eigenvalue weighted by Crippen LogP contribution is -2.06. The standard InChI is InChI=1S/C13H20O4/c1-13(2,3)9-6-10-17-12(16)8-5-4-7-11(14)15/h4-5,7-8,10H2,1-3H3,(H,14,15). The molecule has 0 amide bonds. The smallest absolute Gasteiger partial charge is 0.306 e. The van der Waals surface area contributed by atoms with Gasteiger partial charge in [0.1, 0.15) is 0 Å². The fraction of sp³-hybridized carbons (Fsp3) is 0.692. The Hall–Kier alpha value is -1.50. The van der Waals surface area contributed by atoms with Crippen LogP contribution in [0.25, 0.3) is 0 Å².